The Balaban J connectivity index is 1.39. The zero-order chi connectivity index (χ0) is 20.3. The van der Waals surface area contributed by atoms with E-state index < -0.39 is 0 Å². The summed E-state index contributed by atoms with van der Waals surface area (Å²) in [5.74, 6) is 8.14. The fraction of sp³-hybridized carbons (Fsp3) is 0.143. The number of aryl methyl sites for hydroxylation is 1. The Morgan fingerprint density at radius 3 is 2.63 bits per heavy atom. The van der Waals surface area contributed by atoms with Crippen molar-refractivity contribution < 1.29 is 5.11 Å². The van der Waals surface area contributed by atoms with Crippen LogP contribution in [0.25, 0.3) is 10.8 Å². The Morgan fingerprint density at radius 1 is 0.867 bits per heavy atom. The van der Waals surface area contributed by atoms with Crippen molar-refractivity contribution in [1.29, 1.82) is 0 Å². The summed E-state index contributed by atoms with van der Waals surface area (Å²) >= 11 is 1.94. The first-order chi connectivity index (χ1) is 14.8. The molecule has 0 spiro atoms. The van der Waals surface area contributed by atoms with Crippen LogP contribution in [-0.2, 0) is 19.3 Å². The predicted molar refractivity (Wildman–Crippen MR) is 126 cm³/mol. The summed E-state index contributed by atoms with van der Waals surface area (Å²) in [5.41, 5.74) is 5.80. The Labute approximate surface area is 181 Å². The van der Waals surface area contributed by atoms with E-state index in [0.717, 1.165) is 41.2 Å². The maximum atomic E-state index is 10.9. The number of phenols is 1. The van der Waals surface area contributed by atoms with Gasteiger partial charge in [-0.3, -0.25) is 0 Å². The molecule has 1 heterocycles. The maximum absolute atomic E-state index is 10.9. The molecular weight excluding hydrogens is 384 g/mol. The number of rotatable bonds is 3. The van der Waals surface area contributed by atoms with Crippen molar-refractivity contribution in [3.05, 3.63) is 107 Å². The van der Waals surface area contributed by atoms with Gasteiger partial charge in [0.25, 0.3) is 0 Å². The zero-order valence-electron chi connectivity index (χ0n) is 16.7. The van der Waals surface area contributed by atoms with Crippen LogP contribution in [0, 0.1) is 11.8 Å². The van der Waals surface area contributed by atoms with Crippen molar-refractivity contribution in [2.75, 3.05) is 5.75 Å². The Bertz CT molecular complexity index is 1280. The smallest absolute Gasteiger partial charge is 0.126 e. The Kier molecular flexibility index (Phi) is 5.22. The van der Waals surface area contributed by atoms with Gasteiger partial charge in [-0.2, -0.15) is 0 Å². The maximum Gasteiger partial charge on any atom is 0.126 e. The van der Waals surface area contributed by atoms with Crippen LogP contribution < -0.4 is 0 Å². The number of thioether (sulfide) groups is 1. The third-order valence-electron chi connectivity index (χ3n) is 5.59. The molecule has 5 rings (SSSR count). The van der Waals surface area contributed by atoms with E-state index in [1.165, 1.54) is 27.3 Å². The summed E-state index contributed by atoms with van der Waals surface area (Å²) in [6.45, 7) is 0. The van der Waals surface area contributed by atoms with Crippen molar-refractivity contribution >= 4 is 22.5 Å². The average molecular weight is 407 g/mol. The third-order valence-corrected chi connectivity index (χ3v) is 6.71. The zero-order valence-corrected chi connectivity index (χ0v) is 17.5. The van der Waals surface area contributed by atoms with E-state index in [-0.39, 0.29) is 0 Å². The normalized spacial score (nSPS) is 12.4. The topological polar surface area (TPSA) is 20.2 Å². The number of fused-ring (bicyclic) bond motifs is 2. The lowest BCUT2D eigenvalue weighted by Gasteiger charge is -2.09. The van der Waals surface area contributed by atoms with Crippen molar-refractivity contribution in [3.8, 4) is 17.6 Å². The highest BCUT2D eigenvalue weighted by Gasteiger charge is 2.11. The van der Waals surface area contributed by atoms with E-state index in [0.29, 0.717) is 5.75 Å². The van der Waals surface area contributed by atoms with Crippen molar-refractivity contribution in [2.24, 2.45) is 0 Å². The van der Waals surface area contributed by atoms with Crippen molar-refractivity contribution in [2.45, 2.75) is 24.2 Å². The van der Waals surface area contributed by atoms with Gasteiger partial charge in [0.05, 0.1) is 0 Å². The van der Waals surface area contributed by atoms with Gasteiger partial charge in [0, 0.05) is 34.4 Å². The summed E-state index contributed by atoms with van der Waals surface area (Å²) in [6.07, 6.45) is 2.63. The molecule has 0 saturated heterocycles. The van der Waals surface area contributed by atoms with Gasteiger partial charge < -0.3 is 5.11 Å². The first kappa shape index (κ1) is 18.9. The molecule has 0 saturated carbocycles. The molecule has 2 heteroatoms. The second-order valence-electron chi connectivity index (χ2n) is 7.69. The van der Waals surface area contributed by atoms with Crippen LogP contribution in [-0.4, -0.2) is 10.9 Å². The molecule has 146 valence electrons. The molecule has 0 bridgehead atoms. The number of hydrogen-bond acceptors (Lipinski definition) is 2. The lowest BCUT2D eigenvalue weighted by atomic mass is 9.98. The molecular formula is C28H22OS. The lowest BCUT2D eigenvalue weighted by Crippen LogP contribution is -1.90. The van der Waals surface area contributed by atoms with Crippen LogP contribution in [0.1, 0.15) is 27.8 Å². The van der Waals surface area contributed by atoms with Crippen molar-refractivity contribution in [3.63, 3.8) is 0 Å². The molecule has 0 aliphatic carbocycles. The summed E-state index contributed by atoms with van der Waals surface area (Å²) in [6, 6.07) is 27.1. The summed E-state index contributed by atoms with van der Waals surface area (Å²) < 4.78 is 0. The molecule has 0 aromatic heterocycles. The molecule has 1 aliphatic heterocycles. The summed E-state index contributed by atoms with van der Waals surface area (Å²) in [4.78, 5) is 1.42. The third kappa shape index (κ3) is 3.95. The molecule has 0 unspecified atom stereocenters. The molecule has 1 aliphatic rings. The van der Waals surface area contributed by atoms with Crippen LogP contribution in [0.5, 0.6) is 5.75 Å². The van der Waals surface area contributed by atoms with E-state index in [4.69, 9.17) is 0 Å². The molecule has 0 radical (unpaired) electrons. The molecule has 30 heavy (non-hydrogen) atoms. The van der Waals surface area contributed by atoms with Crippen LogP contribution in [0.15, 0.2) is 83.8 Å². The second-order valence-corrected chi connectivity index (χ2v) is 8.83. The van der Waals surface area contributed by atoms with Crippen molar-refractivity contribution in [1.82, 2.24) is 0 Å². The highest BCUT2D eigenvalue weighted by molar-refractivity contribution is 7.99. The minimum Gasteiger partial charge on any atom is -0.507 e. The largest absolute Gasteiger partial charge is 0.507 e. The SMILES string of the molecule is Oc1c(Cc2ccccc2)ccc2ccc(C#CCc3ccc4c(c3)CCS4)cc12. The fourth-order valence-corrected chi connectivity index (χ4v) is 5.04. The first-order valence-electron chi connectivity index (χ1n) is 10.3. The van der Waals surface area contributed by atoms with E-state index in [1.54, 1.807) is 0 Å². The van der Waals surface area contributed by atoms with Crippen LogP contribution in [0.3, 0.4) is 0 Å². The van der Waals surface area contributed by atoms with Gasteiger partial charge in [0.2, 0.25) is 0 Å². The van der Waals surface area contributed by atoms with Crippen LogP contribution in [0.2, 0.25) is 0 Å². The number of aromatic hydroxyl groups is 1. The van der Waals surface area contributed by atoms with Gasteiger partial charge in [-0.15, -0.1) is 11.8 Å². The molecule has 0 atom stereocenters. The van der Waals surface area contributed by atoms with Gasteiger partial charge in [-0.25, -0.2) is 0 Å². The van der Waals surface area contributed by atoms with Crippen LogP contribution in [0.4, 0.5) is 0 Å². The van der Waals surface area contributed by atoms with Gasteiger partial charge in [-0.1, -0.05) is 72.5 Å². The average Bonchev–Trinajstić information content (AvgIpc) is 3.25. The van der Waals surface area contributed by atoms with E-state index >= 15 is 0 Å². The summed E-state index contributed by atoms with van der Waals surface area (Å²) in [7, 11) is 0. The second kappa shape index (κ2) is 8.30. The van der Waals surface area contributed by atoms with E-state index in [2.05, 4.69) is 48.2 Å². The summed E-state index contributed by atoms with van der Waals surface area (Å²) in [5, 5.41) is 12.8. The quantitative estimate of drug-likeness (QED) is 0.399. The number of benzene rings is 4. The Hall–Kier alpha value is -3.15. The molecule has 1 nitrogen and oxygen atoms in total. The minimum absolute atomic E-state index is 0.358. The van der Waals surface area contributed by atoms with Gasteiger partial charge in [-0.05, 0) is 52.3 Å². The molecule has 1 N–H and O–H groups in total. The van der Waals surface area contributed by atoms with Crippen LogP contribution >= 0.6 is 11.8 Å². The molecule has 4 aromatic carbocycles. The first-order valence-corrected chi connectivity index (χ1v) is 11.3. The highest BCUT2D eigenvalue weighted by Crippen LogP contribution is 2.32. The standard InChI is InChI=1S/C28H22OS/c29-28-25(18-20-5-2-1-3-6-20)13-12-23-11-9-22(19-26(23)28)8-4-7-21-10-14-27-24(17-21)15-16-30-27/h1-3,5-6,9-14,17,19,29H,7,15-16,18H2. The monoisotopic (exact) mass is 406 g/mol. The van der Waals surface area contributed by atoms with Gasteiger partial charge in [0.15, 0.2) is 0 Å². The minimum atomic E-state index is 0.358. The predicted octanol–water partition coefficient (Wildman–Crippen LogP) is 6.38. The molecule has 0 fully saturated rings. The molecule has 0 amide bonds. The highest BCUT2D eigenvalue weighted by atomic mass is 32.2. The Morgan fingerprint density at radius 2 is 1.73 bits per heavy atom. The van der Waals surface area contributed by atoms with E-state index in [1.807, 2.05) is 54.2 Å². The van der Waals surface area contributed by atoms with Gasteiger partial charge in [0.1, 0.15) is 5.75 Å². The lowest BCUT2D eigenvalue weighted by molar-refractivity contribution is 0.476. The van der Waals surface area contributed by atoms with Gasteiger partial charge >= 0.3 is 0 Å². The van der Waals surface area contributed by atoms with E-state index in [9.17, 15) is 5.11 Å². The fourth-order valence-electron chi connectivity index (χ4n) is 3.98. The molecule has 4 aromatic rings. The number of hydrogen-bond donors (Lipinski definition) is 1. The number of phenolic OH excluding ortho intramolecular Hbond substituents is 1.